The quantitative estimate of drug-likeness (QED) is 0.450. The Morgan fingerprint density at radius 2 is 1.79 bits per heavy atom. The number of carboxylic acid groups (broad SMARTS) is 1. The molecule has 14 heavy (non-hydrogen) atoms. The largest absolute Gasteiger partial charge is 0.465 e. The Bertz CT molecular complexity index is 136. The lowest BCUT2D eigenvalue weighted by Gasteiger charge is -2.03. The number of amides is 1. The highest BCUT2D eigenvalue weighted by Gasteiger charge is 1.92. The topological polar surface area (TPSA) is 87.4 Å². The number of halogens is 1. The van der Waals surface area contributed by atoms with Crippen molar-refractivity contribution in [3.05, 3.63) is 0 Å². The Balaban J connectivity index is 0. The summed E-state index contributed by atoms with van der Waals surface area (Å²) in [6.45, 7) is 3.07. The highest BCUT2D eigenvalue weighted by atomic mass is 35.5. The standard InChI is InChI=1S/C8H19N3O2.ClH/c9-4-1-2-5-10-6-3-7-11-8(12)13;/h10-11H,1-7,9H2,(H,12,13);1H. The first kappa shape index (κ1) is 15.9. The molecule has 5 N–H and O–H groups in total. The van der Waals surface area contributed by atoms with Crippen LogP contribution in [0.3, 0.4) is 0 Å². The van der Waals surface area contributed by atoms with Crippen LogP contribution in [-0.2, 0) is 0 Å². The number of rotatable bonds is 8. The second-order valence-electron chi connectivity index (χ2n) is 2.83. The van der Waals surface area contributed by atoms with Crippen molar-refractivity contribution < 1.29 is 9.90 Å². The van der Waals surface area contributed by atoms with E-state index in [2.05, 4.69) is 10.6 Å². The third-order valence-corrected chi connectivity index (χ3v) is 1.61. The highest BCUT2D eigenvalue weighted by Crippen LogP contribution is 1.82. The van der Waals surface area contributed by atoms with Crippen LogP contribution in [0.1, 0.15) is 19.3 Å². The van der Waals surface area contributed by atoms with Gasteiger partial charge in [0.1, 0.15) is 0 Å². The van der Waals surface area contributed by atoms with Crippen molar-refractivity contribution >= 4 is 18.5 Å². The minimum Gasteiger partial charge on any atom is -0.465 e. The van der Waals surface area contributed by atoms with Gasteiger partial charge in [-0.3, -0.25) is 0 Å². The summed E-state index contributed by atoms with van der Waals surface area (Å²) in [6.07, 6.45) is 2.00. The zero-order valence-electron chi connectivity index (χ0n) is 8.29. The zero-order valence-corrected chi connectivity index (χ0v) is 9.11. The van der Waals surface area contributed by atoms with Gasteiger partial charge in [-0.15, -0.1) is 12.4 Å². The number of hydrogen-bond donors (Lipinski definition) is 4. The van der Waals surface area contributed by atoms with Crippen LogP contribution in [0.25, 0.3) is 0 Å². The maximum atomic E-state index is 10.0. The Labute approximate surface area is 90.8 Å². The van der Waals surface area contributed by atoms with Gasteiger partial charge in [0.2, 0.25) is 0 Å². The lowest BCUT2D eigenvalue weighted by Crippen LogP contribution is -2.26. The average molecular weight is 226 g/mol. The van der Waals surface area contributed by atoms with E-state index >= 15 is 0 Å². The van der Waals surface area contributed by atoms with Gasteiger partial charge in [-0.25, -0.2) is 4.79 Å². The van der Waals surface area contributed by atoms with E-state index in [-0.39, 0.29) is 12.4 Å². The lowest BCUT2D eigenvalue weighted by atomic mass is 10.3. The average Bonchev–Trinajstić information content (AvgIpc) is 2.09. The Kier molecular flexibility index (Phi) is 14.2. The van der Waals surface area contributed by atoms with Crippen LogP contribution in [0.15, 0.2) is 0 Å². The van der Waals surface area contributed by atoms with E-state index in [4.69, 9.17) is 10.8 Å². The third-order valence-electron chi connectivity index (χ3n) is 1.61. The van der Waals surface area contributed by atoms with Crippen LogP contribution in [0.5, 0.6) is 0 Å². The molecular weight excluding hydrogens is 206 g/mol. The number of nitrogens with one attached hydrogen (secondary N) is 2. The molecule has 86 valence electrons. The number of nitrogens with two attached hydrogens (primary N) is 1. The van der Waals surface area contributed by atoms with Crippen molar-refractivity contribution in [1.29, 1.82) is 0 Å². The molecule has 0 radical (unpaired) electrons. The van der Waals surface area contributed by atoms with Crippen LogP contribution in [0, 0.1) is 0 Å². The zero-order chi connectivity index (χ0) is 9.94. The summed E-state index contributed by atoms with van der Waals surface area (Å²) < 4.78 is 0. The number of unbranched alkanes of at least 4 members (excludes halogenated alkanes) is 1. The molecule has 0 aliphatic rings. The van der Waals surface area contributed by atoms with E-state index in [1.807, 2.05) is 0 Å². The van der Waals surface area contributed by atoms with Crippen LogP contribution in [-0.4, -0.2) is 37.4 Å². The SMILES string of the molecule is Cl.NCCCCNCCCNC(=O)O. The highest BCUT2D eigenvalue weighted by molar-refractivity contribution is 5.85. The Hall–Kier alpha value is -0.520. The molecule has 0 aliphatic heterocycles. The number of hydrogen-bond acceptors (Lipinski definition) is 3. The molecule has 0 unspecified atom stereocenters. The maximum Gasteiger partial charge on any atom is 0.404 e. The van der Waals surface area contributed by atoms with Gasteiger partial charge in [0.15, 0.2) is 0 Å². The van der Waals surface area contributed by atoms with Crippen molar-refractivity contribution in [3.8, 4) is 0 Å². The predicted octanol–water partition coefficient (Wildman–Crippen LogP) is 0.394. The molecule has 0 aliphatic carbocycles. The smallest absolute Gasteiger partial charge is 0.404 e. The van der Waals surface area contributed by atoms with Gasteiger partial charge >= 0.3 is 6.09 Å². The van der Waals surface area contributed by atoms with Crippen molar-refractivity contribution in [3.63, 3.8) is 0 Å². The van der Waals surface area contributed by atoms with E-state index in [9.17, 15) is 4.79 Å². The minimum atomic E-state index is -0.955. The van der Waals surface area contributed by atoms with Gasteiger partial charge in [0.05, 0.1) is 0 Å². The van der Waals surface area contributed by atoms with Crippen molar-refractivity contribution in [1.82, 2.24) is 10.6 Å². The fraction of sp³-hybridized carbons (Fsp3) is 0.875. The molecule has 1 amide bonds. The molecule has 0 rings (SSSR count). The van der Waals surface area contributed by atoms with E-state index in [0.717, 1.165) is 38.9 Å². The molecular formula is C8H20ClN3O2. The molecule has 0 aromatic heterocycles. The molecule has 0 spiro atoms. The summed E-state index contributed by atoms with van der Waals surface area (Å²) in [5, 5.41) is 13.8. The second-order valence-corrected chi connectivity index (χ2v) is 2.83. The van der Waals surface area contributed by atoms with E-state index < -0.39 is 6.09 Å². The van der Waals surface area contributed by atoms with Gasteiger partial charge in [-0.1, -0.05) is 0 Å². The normalized spacial score (nSPS) is 9.21. The Morgan fingerprint density at radius 3 is 2.36 bits per heavy atom. The van der Waals surface area contributed by atoms with Gasteiger partial charge in [0, 0.05) is 6.54 Å². The van der Waals surface area contributed by atoms with Gasteiger partial charge < -0.3 is 21.5 Å². The van der Waals surface area contributed by atoms with Gasteiger partial charge in [0.25, 0.3) is 0 Å². The van der Waals surface area contributed by atoms with Crippen LogP contribution < -0.4 is 16.4 Å². The third kappa shape index (κ3) is 14.0. The van der Waals surface area contributed by atoms with Crippen LogP contribution in [0.2, 0.25) is 0 Å². The van der Waals surface area contributed by atoms with Crippen molar-refractivity contribution in [2.45, 2.75) is 19.3 Å². The van der Waals surface area contributed by atoms with Gasteiger partial charge in [-0.05, 0) is 38.9 Å². The first-order chi connectivity index (χ1) is 6.27. The maximum absolute atomic E-state index is 10.0. The Morgan fingerprint density at radius 1 is 1.14 bits per heavy atom. The first-order valence-electron chi connectivity index (χ1n) is 4.65. The summed E-state index contributed by atoms with van der Waals surface area (Å²) in [4.78, 5) is 10.0. The summed E-state index contributed by atoms with van der Waals surface area (Å²) in [6, 6.07) is 0. The van der Waals surface area contributed by atoms with Crippen LogP contribution >= 0.6 is 12.4 Å². The second kappa shape index (κ2) is 12.5. The van der Waals surface area contributed by atoms with Crippen molar-refractivity contribution in [2.24, 2.45) is 5.73 Å². The molecule has 0 heterocycles. The predicted molar refractivity (Wildman–Crippen MR) is 59.1 cm³/mol. The lowest BCUT2D eigenvalue weighted by molar-refractivity contribution is 0.194. The molecule has 0 saturated carbocycles. The summed E-state index contributed by atoms with van der Waals surface area (Å²) in [5.41, 5.74) is 5.32. The molecule has 0 atom stereocenters. The molecule has 5 nitrogen and oxygen atoms in total. The monoisotopic (exact) mass is 225 g/mol. The van der Waals surface area contributed by atoms with Gasteiger partial charge in [-0.2, -0.15) is 0 Å². The van der Waals surface area contributed by atoms with Crippen LogP contribution in [0.4, 0.5) is 4.79 Å². The molecule has 6 heteroatoms. The molecule has 0 aromatic rings. The molecule has 0 aromatic carbocycles. The fourth-order valence-corrected chi connectivity index (χ4v) is 0.928. The minimum absolute atomic E-state index is 0. The summed E-state index contributed by atoms with van der Waals surface area (Å²) in [7, 11) is 0. The van der Waals surface area contributed by atoms with E-state index in [1.54, 1.807) is 0 Å². The van der Waals surface area contributed by atoms with Crippen molar-refractivity contribution in [2.75, 3.05) is 26.2 Å². The molecule has 0 bridgehead atoms. The molecule has 0 saturated heterocycles. The fourth-order valence-electron chi connectivity index (χ4n) is 0.928. The summed E-state index contributed by atoms with van der Waals surface area (Å²) >= 11 is 0. The number of carbonyl (C=O) groups is 1. The summed E-state index contributed by atoms with van der Waals surface area (Å²) in [5.74, 6) is 0. The molecule has 0 fully saturated rings. The first-order valence-corrected chi connectivity index (χ1v) is 4.65. The van der Waals surface area contributed by atoms with E-state index in [0.29, 0.717) is 6.54 Å². The van der Waals surface area contributed by atoms with E-state index in [1.165, 1.54) is 0 Å².